The SMILES string of the molecule is CC.CC.CCCC(C)C.CNC. The van der Waals surface area contributed by atoms with Gasteiger partial charge in [0.2, 0.25) is 0 Å². The van der Waals surface area contributed by atoms with Gasteiger partial charge in [-0.15, -0.1) is 0 Å². The van der Waals surface area contributed by atoms with Crippen LogP contribution < -0.4 is 5.32 Å². The number of nitrogens with one attached hydrogen (secondary N) is 1. The monoisotopic (exact) mass is 191 g/mol. The standard InChI is InChI=1S/C6H14.C2H7N.2C2H6/c1-4-5-6(2)3;1-3-2;2*1-2/h6H,4-5H2,1-3H3;3H,1-2H3;2*1-2H3. The predicted molar refractivity (Wildman–Crippen MR) is 67.4 cm³/mol. The molecule has 0 aromatic heterocycles. The number of rotatable bonds is 2. The molecule has 0 aromatic carbocycles. The molecule has 0 heterocycles. The molecule has 1 N–H and O–H groups in total. The first-order valence-corrected chi connectivity index (χ1v) is 5.77. The summed E-state index contributed by atoms with van der Waals surface area (Å²) in [6.07, 6.45) is 2.71. The second kappa shape index (κ2) is 40.4. The molecular formula is C12H33N. The van der Waals surface area contributed by atoms with Crippen LogP contribution in [0, 0.1) is 5.92 Å². The molecule has 13 heavy (non-hydrogen) atoms. The Hall–Kier alpha value is -0.0400. The molecule has 1 heteroatoms. The van der Waals surface area contributed by atoms with Crippen molar-refractivity contribution in [2.75, 3.05) is 14.1 Å². The summed E-state index contributed by atoms with van der Waals surface area (Å²) >= 11 is 0. The first-order chi connectivity index (χ1) is 6.18. The fourth-order valence-electron chi connectivity index (χ4n) is 0.577. The maximum atomic E-state index is 2.75. The van der Waals surface area contributed by atoms with Gasteiger partial charge in [-0.3, -0.25) is 0 Å². The Bertz CT molecular complexity index is 34.1. The van der Waals surface area contributed by atoms with Gasteiger partial charge in [0.25, 0.3) is 0 Å². The highest BCUT2D eigenvalue weighted by molar-refractivity contribution is 4.38. The van der Waals surface area contributed by atoms with E-state index in [1.807, 2.05) is 41.8 Å². The predicted octanol–water partition coefficient (Wildman–Crippen LogP) is 4.33. The third-order valence-electron chi connectivity index (χ3n) is 0.866. The van der Waals surface area contributed by atoms with Crippen LogP contribution in [-0.4, -0.2) is 14.1 Å². The van der Waals surface area contributed by atoms with Crippen molar-refractivity contribution >= 4 is 0 Å². The molecule has 0 aromatic rings. The summed E-state index contributed by atoms with van der Waals surface area (Å²) in [7, 11) is 3.75. The molecule has 0 saturated carbocycles. The van der Waals surface area contributed by atoms with Crippen LogP contribution in [0.25, 0.3) is 0 Å². The van der Waals surface area contributed by atoms with Crippen LogP contribution in [0.15, 0.2) is 0 Å². The maximum Gasteiger partial charge on any atom is -0.0167 e. The molecule has 0 aliphatic carbocycles. The van der Waals surface area contributed by atoms with Crippen molar-refractivity contribution < 1.29 is 0 Å². The molecular weight excluding hydrogens is 158 g/mol. The van der Waals surface area contributed by atoms with Crippen molar-refractivity contribution in [2.45, 2.75) is 61.3 Å². The van der Waals surface area contributed by atoms with Gasteiger partial charge in [-0.05, 0) is 20.0 Å². The third-order valence-corrected chi connectivity index (χ3v) is 0.866. The zero-order valence-corrected chi connectivity index (χ0v) is 11.5. The molecule has 0 aliphatic rings. The molecule has 0 saturated heterocycles. The first kappa shape index (κ1) is 23.1. The van der Waals surface area contributed by atoms with Crippen LogP contribution in [0.1, 0.15) is 61.3 Å². The second-order valence-corrected chi connectivity index (χ2v) is 2.68. The van der Waals surface area contributed by atoms with Crippen molar-refractivity contribution in [3.8, 4) is 0 Å². The smallest absolute Gasteiger partial charge is 0.0167 e. The van der Waals surface area contributed by atoms with Gasteiger partial charge in [0, 0.05) is 0 Å². The molecule has 0 radical (unpaired) electrons. The Morgan fingerprint density at radius 3 is 1.15 bits per heavy atom. The minimum Gasteiger partial charge on any atom is -0.323 e. The van der Waals surface area contributed by atoms with Crippen LogP contribution in [0.3, 0.4) is 0 Å². The van der Waals surface area contributed by atoms with Crippen LogP contribution in [-0.2, 0) is 0 Å². The van der Waals surface area contributed by atoms with Crippen molar-refractivity contribution in [3.63, 3.8) is 0 Å². The highest BCUT2D eigenvalue weighted by Crippen LogP contribution is 2.00. The van der Waals surface area contributed by atoms with Crippen molar-refractivity contribution in [1.82, 2.24) is 5.32 Å². The highest BCUT2D eigenvalue weighted by Gasteiger charge is 1.85. The van der Waals surface area contributed by atoms with Crippen LogP contribution in [0.2, 0.25) is 0 Å². The molecule has 0 aliphatic heterocycles. The van der Waals surface area contributed by atoms with Gasteiger partial charge in [-0.25, -0.2) is 0 Å². The third kappa shape index (κ3) is 135. The summed E-state index contributed by atoms with van der Waals surface area (Å²) in [6.45, 7) is 14.7. The van der Waals surface area contributed by atoms with Gasteiger partial charge in [0.15, 0.2) is 0 Å². The summed E-state index contributed by atoms with van der Waals surface area (Å²) < 4.78 is 0. The Morgan fingerprint density at radius 1 is 0.923 bits per heavy atom. The Morgan fingerprint density at radius 2 is 1.15 bits per heavy atom. The van der Waals surface area contributed by atoms with Gasteiger partial charge in [-0.2, -0.15) is 0 Å². The van der Waals surface area contributed by atoms with Gasteiger partial charge in [-0.1, -0.05) is 61.3 Å². The lowest BCUT2D eigenvalue weighted by molar-refractivity contribution is 0.576. The van der Waals surface area contributed by atoms with E-state index in [0.29, 0.717) is 0 Å². The van der Waals surface area contributed by atoms with E-state index in [-0.39, 0.29) is 0 Å². The van der Waals surface area contributed by atoms with Gasteiger partial charge < -0.3 is 5.32 Å². The molecule has 0 rings (SSSR count). The van der Waals surface area contributed by atoms with Crippen molar-refractivity contribution in [3.05, 3.63) is 0 Å². The summed E-state index contributed by atoms with van der Waals surface area (Å²) in [5, 5.41) is 2.75. The van der Waals surface area contributed by atoms with E-state index in [9.17, 15) is 0 Å². The van der Waals surface area contributed by atoms with E-state index in [1.54, 1.807) is 0 Å². The minimum absolute atomic E-state index is 0.898. The van der Waals surface area contributed by atoms with E-state index in [0.717, 1.165) is 5.92 Å². The van der Waals surface area contributed by atoms with Gasteiger partial charge in [0.05, 0.1) is 0 Å². The molecule has 0 fully saturated rings. The topological polar surface area (TPSA) is 12.0 Å². The van der Waals surface area contributed by atoms with E-state index in [4.69, 9.17) is 0 Å². The lowest BCUT2D eigenvalue weighted by atomic mass is 10.1. The number of hydrogen-bond donors (Lipinski definition) is 1. The number of hydrogen-bond acceptors (Lipinski definition) is 1. The molecule has 0 amide bonds. The summed E-state index contributed by atoms with van der Waals surface area (Å²) in [5.41, 5.74) is 0. The molecule has 1 nitrogen and oxygen atoms in total. The zero-order valence-electron chi connectivity index (χ0n) is 11.5. The fraction of sp³-hybridized carbons (Fsp3) is 1.00. The summed E-state index contributed by atoms with van der Waals surface area (Å²) in [5.74, 6) is 0.898. The Kier molecular flexibility index (Phi) is 71.8. The fourth-order valence-corrected chi connectivity index (χ4v) is 0.577. The average molecular weight is 191 g/mol. The highest BCUT2D eigenvalue weighted by atomic mass is 14.7. The van der Waals surface area contributed by atoms with Crippen molar-refractivity contribution in [2.24, 2.45) is 5.92 Å². The molecule has 0 bridgehead atoms. The quantitative estimate of drug-likeness (QED) is 0.685. The molecule has 0 atom stereocenters. The largest absolute Gasteiger partial charge is 0.323 e. The van der Waals surface area contributed by atoms with E-state index >= 15 is 0 Å². The van der Waals surface area contributed by atoms with Crippen LogP contribution in [0.5, 0.6) is 0 Å². The van der Waals surface area contributed by atoms with Gasteiger partial charge in [0.1, 0.15) is 0 Å². The van der Waals surface area contributed by atoms with Gasteiger partial charge >= 0.3 is 0 Å². The summed E-state index contributed by atoms with van der Waals surface area (Å²) in [6, 6.07) is 0. The minimum atomic E-state index is 0.898. The lowest BCUT2D eigenvalue weighted by Crippen LogP contribution is -1.89. The maximum absolute atomic E-state index is 2.75. The lowest BCUT2D eigenvalue weighted by Gasteiger charge is -1.95. The van der Waals surface area contributed by atoms with E-state index in [2.05, 4.69) is 26.1 Å². The Balaban J connectivity index is -0.0000000493. The normalized spacial score (nSPS) is 6.92. The second-order valence-electron chi connectivity index (χ2n) is 2.68. The summed E-state index contributed by atoms with van der Waals surface area (Å²) in [4.78, 5) is 0. The van der Waals surface area contributed by atoms with Crippen molar-refractivity contribution in [1.29, 1.82) is 0 Å². The van der Waals surface area contributed by atoms with E-state index < -0.39 is 0 Å². The zero-order chi connectivity index (χ0) is 11.7. The average Bonchev–Trinajstić information content (AvgIpc) is 2.12. The Labute approximate surface area is 87.3 Å². The molecule has 86 valence electrons. The molecule has 0 spiro atoms. The van der Waals surface area contributed by atoms with E-state index in [1.165, 1.54) is 12.8 Å². The van der Waals surface area contributed by atoms with Crippen LogP contribution in [0.4, 0.5) is 0 Å². The first-order valence-electron chi connectivity index (χ1n) is 5.77. The molecule has 0 unspecified atom stereocenters. The van der Waals surface area contributed by atoms with Crippen LogP contribution >= 0.6 is 0 Å².